The smallest absolute Gasteiger partial charge is 0.328 e. The average Bonchev–Trinajstić information content (AvgIpc) is 3.29. The molecule has 2 amide bonds. The van der Waals surface area contributed by atoms with Crippen LogP contribution in [-0.4, -0.2) is 52.2 Å². The van der Waals surface area contributed by atoms with Crippen molar-refractivity contribution in [3.8, 4) is 5.69 Å². The molecule has 0 aliphatic carbocycles. The van der Waals surface area contributed by atoms with E-state index >= 15 is 0 Å². The first-order valence-corrected chi connectivity index (χ1v) is 8.31. The molecule has 1 aromatic carbocycles. The Hall–Kier alpha value is -3.16. The zero-order valence-electron chi connectivity index (χ0n) is 14.6. The van der Waals surface area contributed by atoms with Crippen molar-refractivity contribution in [1.82, 2.24) is 14.7 Å². The van der Waals surface area contributed by atoms with E-state index in [-0.39, 0.29) is 17.8 Å². The second kappa shape index (κ2) is 7.38. The maximum atomic E-state index is 12.7. The molecule has 26 heavy (non-hydrogen) atoms. The summed E-state index contributed by atoms with van der Waals surface area (Å²) in [6, 6.07) is 6.41. The molecule has 1 atom stereocenters. The van der Waals surface area contributed by atoms with Gasteiger partial charge in [0.1, 0.15) is 6.04 Å². The van der Waals surface area contributed by atoms with E-state index in [1.54, 1.807) is 46.2 Å². The van der Waals surface area contributed by atoms with Crippen LogP contribution in [0.25, 0.3) is 5.69 Å². The van der Waals surface area contributed by atoms with E-state index in [9.17, 15) is 14.4 Å². The van der Waals surface area contributed by atoms with Gasteiger partial charge in [0.2, 0.25) is 5.91 Å². The summed E-state index contributed by atoms with van der Waals surface area (Å²) in [5.74, 6) is -0.741. The fourth-order valence-electron chi connectivity index (χ4n) is 3.05. The van der Waals surface area contributed by atoms with Gasteiger partial charge in [0.05, 0.1) is 30.9 Å². The SMILES string of the molecule is COC(=O)[C@@H]1CCCN1C(=O)c1ccc(-n2cc(NC(C)=O)cn2)cc1. The number of hydrogen-bond acceptors (Lipinski definition) is 5. The topological polar surface area (TPSA) is 93.5 Å². The van der Waals surface area contributed by atoms with E-state index in [1.807, 2.05) is 0 Å². The fraction of sp³-hybridized carbons (Fsp3) is 0.333. The Kier molecular flexibility index (Phi) is 5.01. The van der Waals surface area contributed by atoms with Gasteiger partial charge in [0.25, 0.3) is 5.91 Å². The minimum Gasteiger partial charge on any atom is -0.467 e. The van der Waals surface area contributed by atoms with Crippen molar-refractivity contribution in [1.29, 1.82) is 0 Å². The van der Waals surface area contributed by atoms with Gasteiger partial charge in [-0.3, -0.25) is 9.59 Å². The van der Waals surface area contributed by atoms with Crippen LogP contribution >= 0.6 is 0 Å². The molecular formula is C18H20N4O4. The van der Waals surface area contributed by atoms with Crippen LogP contribution < -0.4 is 5.32 Å². The maximum Gasteiger partial charge on any atom is 0.328 e. The van der Waals surface area contributed by atoms with E-state index in [2.05, 4.69) is 10.4 Å². The number of benzene rings is 1. The number of rotatable bonds is 4. The molecule has 1 aliphatic heterocycles. The monoisotopic (exact) mass is 356 g/mol. The highest BCUT2D eigenvalue weighted by atomic mass is 16.5. The van der Waals surface area contributed by atoms with Crippen LogP contribution in [0.3, 0.4) is 0 Å². The van der Waals surface area contributed by atoms with Crippen LogP contribution in [0.2, 0.25) is 0 Å². The van der Waals surface area contributed by atoms with Gasteiger partial charge in [0, 0.05) is 19.0 Å². The van der Waals surface area contributed by atoms with Crippen molar-refractivity contribution in [2.75, 3.05) is 19.0 Å². The molecule has 1 N–H and O–H groups in total. The number of nitrogens with zero attached hydrogens (tertiary/aromatic N) is 3. The van der Waals surface area contributed by atoms with E-state index in [1.165, 1.54) is 14.0 Å². The van der Waals surface area contributed by atoms with Gasteiger partial charge in [-0.05, 0) is 37.1 Å². The highest BCUT2D eigenvalue weighted by Crippen LogP contribution is 2.22. The van der Waals surface area contributed by atoms with Crippen LogP contribution in [-0.2, 0) is 14.3 Å². The number of nitrogens with one attached hydrogen (secondary N) is 1. The molecule has 1 aromatic heterocycles. The zero-order valence-corrected chi connectivity index (χ0v) is 14.6. The molecule has 2 heterocycles. The molecule has 0 spiro atoms. The number of ether oxygens (including phenoxy) is 1. The molecule has 2 aromatic rings. The Bertz CT molecular complexity index is 828. The Morgan fingerprint density at radius 1 is 1.23 bits per heavy atom. The number of amides is 2. The van der Waals surface area contributed by atoms with Gasteiger partial charge in [-0.2, -0.15) is 5.10 Å². The minimum absolute atomic E-state index is 0.170. The van der Waals surface area contributed by atoms with E-state index < -0.39 is 6.04 Å². The molecule has 136 valence electrons. The number of hydrogen-bond donors (Lipinski definition) is 1. The van der Waals surface area contributed by atoms with Crippen molar-refractivity contribution < 1.29 is 19.1 Å². The Balaban J connectivity index is 1.75. The Morgan fingerprint density at radius 2 is 1.96 bits per heavy atom. The molecule has 1 fully saturated rings. The van der Waals surface area contributed by atoms with Gasteiger partial charge in [-0.15, -0.1) is 0 Å². The molecule has 1 aliphatic rings. The lowest BCUT2D eigenvalue weighted by Gasteiger charge is -2.22. The predicted molar refractivity (Wildman–Crippen MR) is 93.9 cm³/mol. The summed E-state index contributed by atoms with van der Waals surface area (Å²) in [7, 11) is 1.33. The first-order valence-electron chi connectivity index (χ1n) is 8.31. The van der Waals surface area contributed by atoms with Crippen molar-refractivity contribution in [2.24, 2.45) is 0 Å². The normalized spacial score (nSPS) is 16.4. The second-order valence-electron chi connectivity index (χ2n) is 6.08. The van der Waals surface area contributed by atoms with Crippen molar-refractivity contribution >= 4 is 23.5 Å². The highest BCUT2D eigenvalue weighted by Gasteiger charge is 2.35. The molecule has 0 bridgehead atoms. The summed E-state index contributed by atoms with van der Waals surface area (Å²) in [5, 5.41) is 6.84. The van der Waals surface area contributed by atoms with Gasteiger partial charge >= 0.3 is 5.97 Å². The standard InChI is InChI=1S/C18H20N4O4/c1-12(23)20-14-10-19-22(11-14)15-7-5-13(6-8-15)17(24)21-9-3-4-16(21)18(25)26-2/h5-8,10-11,16H,3-4,9H2,1-2H3,(H,20,23)/t16-/m0/s1. The van der Waals surface area contributed by atoms with Crippen molar-refractivity contribution in [2.45, 2.75) is 25.8 Å². The van der Waals surface area contributed by atoms with Crippen LogP contribution in [0.1, 0.15) is 30.1 Å². The molecule has 8 heteroatoms. The predicted octanol–water partition coefficient (Wildman–Crippen LogP) is 1.61. The number of aromatic nitrogens is 2. The largest absolute Gasteiger partial charge is 0.467 e. The lowest BCUT2D eigenvalue weighted by atomic mass is 10.1. The van der Waals surface area contributed by atoms with Crippen LogP contribution in [0, 0.1) is 0 Å². The lowest BCUT2D eigenvalue weighted by molar-refractivity contribution is -0.145. The van der Waals surface area contributed by atoms with Crippen molar-refractivity contribution in [3.63, 3.8) is 0 Å². The number of methoxy groups -OCH3 is 1. The molecule has 3 rings (SSSR count). The van der Waals surface area contributed by atoms with E-state index in [0.29, 0.717) is 24.2 Å². The number of likely N-dealkylation sites (tertiary alicyclic amines) is 1. The first kappa shape index (κ1) is 17.7. The van der Waals surface area contributed by atoms with Gasteiger partial charge in [0.15, 0.2) is 0 Å². The number of carbonyl (C=O) groups excluding carboxylic acids is 3. The summed E-state index contributed by atoms with van der Waals surface area (Å²) >= 11 is 0. The van der Waals surface area contributed by atoms with Crippen LogP contribution in [0.5, 0.6) is 0 Å². The molecular weight excluding hydrogens is 336 g/mol. The number of esters is 1. The Labute approximate surface area is 150 Å². The van der Waals surface area contributed by atoms with Gasteiger partial charge in [-0.1, -0.05) is 0 Å². The highest BCUT2D eigenvalue weighted by molar-refractivity contribution is 5.97. The zero-order chi connectivity index (χ0) is 18.7. The summed E-state index contributed by atoms with van der Waals surface area (Å²) in [4.78, 5) is 37.2. The third kappa shape index (κ3) is 3.58. The van der Waals surface area contributed by atoms with Crippen molar-refractivity contribution in [3.05, 3.63) is 42.2 Å². The maximum absolute atomic E-state index is 12.7. The average molecular weight is 356 g/mol. The first-order chi connectivity index (χ1) is 12.5. The number of carbonyl (C=O) groups is 3. The third-order valence-electron chi connectivity index (χ3n) is 4.27. The molecule has 0 radical (unpaired) electrons. The Morgan fingerprint density at radius 3 is 2.62 bits per heavy atom. The summed E-state index contributed by atoms with van der Waals surface area (Å²) in [5.41, 5.74) is 1.85. The molecule has 0 saturated carbocycles. The third-order valence-corrected chi connectivity index (χ3v) is 4.27. The summed E-state index contributed by atoms with van der Waals surface area (Å²) in [6.07, 6.45) is 4.64. The molecule has 8 nitrogen and oxygen atoms in total. The van der Waals surface area contributed by atoms with Gasteiger partial charge in [-0.25, -0.2) is 9.48 Å². The quantitative estimate of drug-likeness (QED) is 0.840. The summed E-state index contributed by atoms with van der Waals surface area (Å²) < 4.78 is 6.39. The number of anilines is 1. The molecule has 0 unspecified atom stereocenters. The summed E-state index contributed by atoms with van der Waals surface area (Å²) in [6.45, 7) is 1.97. The lowest BCUT2D eigenvalue weighted by Crippen LogP contribution is -2.41. The van der Waals surface area contributed by atoms with Gasteiger partial charge < -0.3 is 15.0 Å². The molecule has 1 saturated heterocycles. The fourth-order valence-corrected chi connectivity index (χ4v) is 3.05. The van der Waals surface area contributed by atoms with E-state index in [0.717, 1.165) is 12.1 Å². The minimum atomic E-state index is -0.515. The van der Waals surface area contributed by atoms with Crippen LogP contribution in [0.15, 0.2) is 36.7 Å². The van der Waals surface area contributed by atoms with Crippen LogP contribution in [0.4, 0.5) is 5.69 Å². The van der Waals surface area contributed by atoms with E-state index in [4.69, 9.17) is 4.74 Å². The second-order valence-corrected chi connectivity index (χ2v) is 6.08.